The minimum absolute atomic E-state index is 0.143. The number of amides is 2. The average molecular weight is 168 g/mol. The molecule has 1 rings (SSSR count). The van der Waals surface area contributed by atoms with E-state index < -0.39 is 0 Å². The second-order valence-corrected chi connectivity index (χ2v) is 3.30. The highest BCUT2D eigenvalue weighted by Crippen LogP contribution is 2.11. The van der Waals surface area contributed by atoms with Gasteiger partial charge in [0.2, 0.25) is 0 Å². The molecule has 0 saturated carbocycles. The molecule has 12 heavy (non-hydrogen) atoms. The first-order chi connectivity index (χ1) is 5.66. The van der Waals surface area contributed by atoms with Gasteiger partial charge in [-0.05, 0) is 13.8 Å². The Balaban J connectivity index is 2.54. The quantitative estimate of drug-likeness (QED) is 0.583. The average Bonchev–Trinajstić information content (AvgIpc) is 2.34. The zero-order valence-corrected chi connectivity index (χ0v) is 7.79. The van der Waals surface area contributed by atoms with Gasteiger partial charge in [0.25, 0.3) is 0 Å². The van der Waals surface area contributed by atoms with E-state index in [-0.39, 0.29) is 6.03 Å². The number of hydrogen-bond acceptors (Lipinski definition) is 1. The van der Waals surface area contributed by atoms with Crippen LogP contribution in [-0.2, 0) is 0 Å². The first-order valence-corrected chi connectivity index (χ1v) is 4.33. The van der Waals surface area contributed by atoms with Gasteiger partial charge in [-0.1, -0.05) is 6.08 Å². The van der Waals surface area contributed by atoms with Crippen molar-refractivity contribution < 1.29 is 4.79 Å². The molecule has 3 heteroatoms. The maximum Gasteiger partial charge on any atom is 0.320 e. The maximum absolute atomic E-state index is 11.5. The van der Waals surface area contributed by atoms with Crippen LogP contribution in [0.1, 0.15) is 13.8 Å². The van der Waals surface area contributed by atoms with Crippen molar-refractivity contribution in [3.8, 4) is 0 Å². The Bertz CT molecular complexity index is 189. The minimum Gasteiger partial charge on any atom is -0.320 e. The lowest BCUT2D eigenvalue weighted by Gasteiger charge is -2.20. The Morgan fingerprint density at radius 1 is 1.58 bits per heavy atom. The van der Waals surface area contributed by atoms with Crippen LogP contribution < -0.4 is 0 Å². The molecule has 0 unspecified atom stereocenters. The summed E-state index contributed by atoms with van der Waals surface area (Å²) in [5.41, 5.74) is 0. The number of carbonyl (C=O) groups excluding carboxylic acids is 1. The molecule has 0 bridgehead atoms. The largest absolute Gasteiger partial charge is 0.320 e. The molecule has 0 N–H and O–H groups in total. The van der Waals surface area contributed by atoms with Crippen molar-refractivity contribution in [3.05, 3.63) is 12.7 Å². The molecule has 0 atom stereocenters. The Kier molecular flexibility index (Phi) is 2.74. The van der Waals surface area contributed by atoms with Gasteiger partial charge < -0.3 is 9.80 Å². The first kappa shape index (κ1) is 9.10. The monoisotopic (exact) mass is 168 g/mol. The lowest BCUT2D eigenvalue weighted by Crippen LogP contribution is -2.36. The maximum atomic E-state index is 11.5. The van der Waals surface area contributed by atoms with Crippen molar-refractivity contribution in [3.63, 3.8) is 0 Å². The van der Waals surface area contributed by atoms with Gasteiger partial charge in [-0.15, -0.1) is 6.58 Å². The van der Waals surface area contributed by atoms with Gasteiger partial charge in [0.15, 0.2) is 0 Å². The highest BCUT2D eigenvalue weighted by molar-refractivity contribution is 5.76. The van der Waals surface area contributed by atoms with Gasteiger partial charge in [-0.25, -0.2) is 4.79 Å². The van der Waals surface area contributed by atoms with Crippen molar-refractivity contribution in [1.29, 1.82) is 0 Å². The fourth-order valence-electron chi connectivity index (χ4n) is 1.41. The van der Waals surface area contributed by atoms with E-state index in [2.05, 4.69) is 6.58 Å². The molecule has 0 aromatic carbocycles. The number of nitrogens with zero attached hydrogens (tertiary/aromatic N) is 2. The summed E-state index contributed by atoms with van der Waals surface area (Å²) in [6, 6.07) is 0.456. The minimum atomic E-state index is 0.143. The molecule has 1 saturated heterocycles. The van der Waals surface area contributed by atoms with Crippen molar-refractivity contribution in [2.75, 3.05) is 19.6 Å². The fraction of sp³-hybridized carbons (Fsp3) is 0.667. The van der Waals surface area contributed by atoms with Crippen LogP contribution in [0.3, 0.4) is 0 Å². The lowest BCUT2D eigenvalue weighted by molar-refractivity contribution is 0.186. The van der Waals surface area contributed by atoms with Crippen LogP contribution in [0, 0.1) is 0 Å². The molecule has 0 aromatic heterocycles. The summed E-state index contributed by atoms with van der Waals surface area (Å²) in [6.07, 6.45) is 1.77. The molecule has 0 aliphatic carbocycles. The van der Waals surface area contributed by atoms with E-state index in [1.165, 1.54) is 0 Å². The molecule has 0 spiro atoms. The van der Waals surface area contributed by atoms with Gasteiger partial charge in [-0.2, -0.15) is 0 Å². The number of hydrogen-bond donors (Lipinski definition) is 0. The van der Waals surface area contributed by atoms with Gasteiger partial charge in [0.05, 0.1) is 0 Å². The summed E-state index contributed by atoms with van der Waals surface area (Å²) >= 11 is 0. The molecule has 1 aliphatic heterocycles. The number of rotatable bonds is 3. The molecular formula is C9H16N2O. The van der Waals surface area contributed by atoms with Crippen LogP contribution in [0.5, 0.6) is 0 Å². The summed E-state index contributed by atoms with van der Waals surface area (Å²) in [4.78, 5) is 15.2. The van der Waals surface area contributed by atoms with Crippen LogP contribution in [0.15, 0.2) is 12.7 Å². The van der Waals surface area contributed by atoms with E-state index in [1.54, 1.807) is 6.08 Å². The van der Waals surface area contributed by atoms with Crippen LogP contribution in [0.2, 0.25) is 0 Å². The topological polar surface area (TPSA) is 23.6 Å². The third-order valence-corrected chi connectivity index (χ3v) is 2.10. The highest BCUT2D eigenvalue weighted by Gasteiger charge is 2.28. The second kappa shape index (κ2) is 3.61. The van der Waals surface area contributed by atoms with E-state index in [0.717, 1.165) is 13.1 Å². The molecule has 0 aromatic rings. The summed E-state index contributed by atoms with van der Waals surface area (Å²) in [5.74, 6) is 0. The predicted molar refractivity (Wildman–Crippen MR) is 49.0 cm³/mol. The van der Waals surface area contributed by atoms with Crippen molar-refractivity contribution >= 4 is 6.03 Å². The Labute approximate surface area is 73.6 Å². The summed E-state index contributed by atoms with van der Waals surface area (Å²) < 4.78 is 0. The SMILES string of the molecule is C=CCN1CCN(C(C)C)C1=O. The molecule has 1 aliphatic rings. The Hall–Kier alpha value is -0.990. The Morgan fingerprint density at radius 3 is 2.67 bits per heavy atom. The molecule has 1 fully saturated rings. The molecule has 0 radical (unpaired) electrons. The third kappa shape index (κ3) is 1.60. The molecule has 68 valence electrons. The zero-order chi connectivity index (χ0) is 9.14. The molecule has 3 nitrogen and oxygen atoms in total. The zero-order valence-electron chi connectivity index (χ0n) is 7.79. The summed E-state index contributed by atoms with van der Waals surface area (Å²) in [6.45, 7) is 10.0. The fourth-order valence-corrected chi connectivity index (χ4v) is 1.41. The van der Waals surface area contributed by atoms with E-state index in [9.17, 15) is 4.79 Å². The smallest absolute Gasteiger partial charge is 0.320 e. The lowest BCUT2D eigenvalue weighted by atomic mass is 10.3. The molecule has 2 amide bonds. The van der Waals surface area contributed by atoms with Crippen LogP contribution in [-0.4, -0.2) is 41.5 Å². The van der Waals surface area contributed by atoms with Crippen LogP contribution in [0.4, 0.5) is 4.79 Å². The first-order valence-electron chi connectivity index (χ1n) is 4.33. The molecule has 1 heterocycles. The van der Waals surface area contributed by atoms with E-state index in [1.807, 2.05) is 23.6 Å². The number of urea groups is 1. The second-order valence-electron chi connectivity index (χ2n) is 3.30. The summed E-state index contributed by atoms with van der Waals surface area (Å²) in [5, 5.41) is 0. The van der Waals surface area contributed by atoms with Crippen molar-refractivity contribution in [1.82, 2.24) is 9.80 Å². The van der Waals surface area contributed by atoms with Crippen molar-refractivity contribution in [2.45, 2.75) is 19.9 Å². The normalized spacial score (nSPS) is 17.8. The predicted octanol–water partition coefficient (Wildman–Crippen LogP) is 1.32. The van der Waals surface area contributed by atoms with Gasteiger partial charge in [-0.3, -0.25) is 0 Å². The van der Waals surface area contributed by atoms with E-state index >= 15 is 0 Å². The van der Waals surface area contributed by atoms with Crippen molar-refractivity contribution in [2.24, 2.45) is 0 Å². The van der Waals surface area contributed by atoms with Crippen LogP contribution >= 0.6 is 0 Å². The van der Waals surface area contributed by atoms with E-state index in [4.69, 9.17) is 0 Å². The van der Waals surface area contributed by atoms with Crippen LogP contribution in [0.25, 0.3) is 0 Å². The highest BCUT2D eigenvalue weighted by atomic mass is 16.2. The van der Waals surface area contributed by atoms with E-state index in [0.29, 0.717) is 12.6 Å². The Morgan fingerprint density at radius 2 is 2.25 bits per heavy atom. The van der Waals surface area contributed by atoms with Gasteiger partial charge >= 0.3 is 6.03 Å². The van der Waals surface area contributed by atoms with Gasteiger partial charge in [0, 0.05) is 25.7 Å². The standard InChI is InChI=1S/C9H16N2O/c1-4-5-10-6-7-11(8(2)3)9(10)12/h4,8H,1,5-7H2,2-3H3. The third-order valence-electron chi connectivity index (χ3n) is 2.10. The summed E-state index contributed by atoms with van der Waals surface area (Å²) in [7, 11) is 0. The number of carbonyl (C=O) groups is 1. The molecular weight excluding hydrogens is 152 g/mol. The van der Waals surface area contributed by atoms with Gasteiger partial charge in [0.1, 0.15) is 0 Å².